The third kappa shape index (κ3) is 3.42. The monoisotopic (exact) mass is 358 g/mol. The molecule has 1 fully saturated rings. The molecule has 1 heterocycles. The van der Waals surface area contributed by atoms with Crippen molar-refractivity contribution in [3.8, 4) is 5.75 Å². The highest BCUT2D eigenvalue weighted by atomic mass is 35.5. The van der Waals surface area contributed by atoms with Gasteiger partial charge in [-0.05, 0) is 67.2 Å². The fourth-order valence-corrected chi connectivity index (χ4v) is 2.78. The molecule has 1 amide bonds. The molecular weight excluding hydrogens is 344 g/mol. The fraction of sp³-hybridized carbons (Fsp3) is 0.111. The molecule has 3 rings (SSSR count). The summed E-state index contributed by atoms with van der Waals surface area (Å²) in [6, 6.07) is 14.5. The maximum Gasteiger partial charge on any atom is 0.281 e. The predicted octanol–water partition coefficient (Wildman–Crippen LogP) is 4.00. The zero-order valence-corrected chi connectivity index (χ0v) is 14.5. The Morgan fingerprint density at radius 1 is 1.17 bits per heavy atom. The molecule has 122 valence electrons. The molecule has 6 heteroatoms. The van der Waals surface area contributed by atoms with Gasteiger partial charge in [0.2, 0.25) is 0 Å². The topological polar surface area (TPSA) is 41.6 Å². The molecule has 0 saturated carbocycles. The van der Waals surface area contributed by atoms with Gasteiger partial charge >= 0.3 is 0 Å². The zero-order chi connectivity index (χ0) is 17.1. The Kier molecular flexibility index (Phi) is 4.83. The lowest BCUT2D eigenvalue weighted by atomic mass is 10.2. The summed E-state index contributed by atoms with van der Waals surface area (Å²) in [7, 11) is 0. The number of thiocarbonyl (C=S) groups is 1. The van der Waals surface area contributed by atoms with Crippen LogP contribution >= 0.6 is 23.8 Å². The second-order valence-corrected chi connectivity index (χ2v) is 5.93. The number of nitrogens with zero attached hydrogens (tertiary/aromatic N) is 1. The van der Waals surface area contributed by atoms with Crippen molar-refractivity contribution in [2.45, 2.75) is 6.92 Å². The van der Waals surface area contributed by atoms with Crippen molar-refractivity contribution < 1.29 is 9.53 Å². The van der Waals surface area contributed by atoms with Crippen molar-refractivity contribution in [2.24, 2.45) is 0 Å². The van der Waals surface area contributed by atoms with Crippen LogP contribution < -0.4 is 15.0 Å². The van der Waals surface area contributed by atoms with E-state index in [1.54, 1.807) is 18.2 Å². The highest BCUT2D eigenvalue weighted by Crippen LogP contribution is 2.25. The standard InChI is InChI=1S/C18H15ClN2O2S/c1-2-23-15-9-7-14(8-10-15)21-17(22)16(20-18(21)24)11-12-3-5-13(19)6-4-12/h3-11H,2H2,1H3,(H,20,24)/b16-11-. The first-order chi connectivity index (χ1) is 11.6. The molecule has 0 atom stereocenters. The van der Waals surface area contributed by atoms with Crippen LogP contribution in [-0.2, 0) is 4.79 Å². The van der Waals surface area contributed by atoms with Gasteiger partial charge in [0.1, 0.15) is 11.4 Å². The number of carbonyl (C=O) groups is 1. The molecular formula is C18H15ClN2O2S. The third-order valence-corrected chi connectivity index (χ3v) is 4.00. The lowest BCUT2D eigenvalue weighted by Gasteiger charge is -2.14. The maximum absolute atomic E-state index is 12.6. The number of ether oxygens (including phenoxy) is 1. The fourth-order valence-electron chi connectivity index (χ4n) is 2.35. The van der Waals surface area contributed by atoms with E-state index < -0.39 is 0 Å². The number of benzene rings is 2. The van der Waals surface area contributed by atoms with Gasteiger partial charge in [0, 0.05) is 5.02 Å². The molecule has 1 aliphatic rings. The Bertz CT molecular complexity index is 801. The summed E-state index contributed by atoms with van der Waals surface area (Å²) >= 11 is 11.2. The zero-order valence-electron chi connectivity index (χ0n) is 13.0. The minimum absolute atomic E-state index is 0.195. The Balaban J connectivity index is 1.84. The summed E-state index contributed by atoms with van der Waals surface area (Å²) in [6.07, 6.45) is 1.75. The average Bonchev–Trinajstić information content (AvgIpc) is 2.85. The molecule has 0 unspecified atom stereocenters. The van der Waals surface area contributed by atoms with Crippen LogP contribution in [0.15, 0.2) is 54.2 Å². The second kappa shape index (κ2) is 7.03. The van der Waals surface area contributed by atoms with E-state index in [0.717, 1.165) is 11.3 Å². The van der Waals surface area contributed by atoms with Crippen LogP contribution in [0.3, 0.4) is 0 Å². The summed E-state index contributed by atoms with van der Waals surface area (Å²) in [5.41, 5.74) is 1.99. The van der Waals surface area contributed by atoms with Crippen LogP contribution in [0.1, 0.15) is 12.5 Å². The number of hydrogen-bond acceptors (Lipinski definition) is 3. The summed E-state index contributed by atoms with van der Waals surface area (Å²) in [5, 5.41) is 3.96. The van der Waals surface area contributed by atoms with Gasteiger partial charge in [0.05, 0.1) is 12.3 Å². The van der Waals surface area contributed by atoms with Gasteiger partial charge in [-0.2, -0.15) is 0 Å². The number of hydrogen-bond donors (Lipinski definition) is 1. The first-order valence-corrected chi connectivity index (χ1v) is 8.22. The molecule has 0 spiro atoms. The molecule has 0 aliphatic carbocycles. The van der Waals surface area contributed by atoms with Crippen LogP contribution in [0.25, 0.3) is 6.08 Å². The summed E-state index contributed by atoms with van der Waals surface area (Å²) in [4.78, 5) is 14.1. The van der Waals surface area contributed by atoms with E-state index in [1.165, 1.54) is 4.90 Å². The Morgan fingerprint density at radius 3 is 2.46 bits per heavy atom. The lowest BCUT2D eigenvalue weighted by Crippen LogP contribution is -2.30. The Labute approximate surface area is 150 Å². The van der Waals surface area contributed by atoms with Crippen LogP contribution in [0.5, 0.6) is 5.75 Å². The number of rotatable bonds is 4. The Hall–Kier alpha value is -2.37. The molecule has 2 aromatic rings. The van der Waals surface area contributed by atoms with Gasteiger partial charge in [0.25, 0.3) is 5.91 Å². The van der Waals surface area contributed by atoms with Crippen LogP contribution in [0, 0.1) is 0 Å². The molecule has 24 heavy (non-hydrogen) atoms. The molecule has 1 saturated heterocycles. The number of nitrogens with one attached hydrogen (secondary N) is 1. The van der Waals surface area contributed by atoms with E-state index in [1.807, 2.05) is 43.3 Å². The molecule has 0 radical (unpaired) electrons. The quantitative estimate of drug-likeness (QED) is 0.662. The van der Waals surface area contributed by atoms with Gasteiger partial charge in [-0.25, -0.2) is 0 Å². The maximum atomic E-state index is 12.6. The first kappa shape index (κ1) is 16.5. The summed E-state index contributed by atoms with van der Waals surface area (Å²) in [6.45, 7) is 2.51. The van der Waals surface area contributed by atoms with Gasteiger partial charge < -0.3 is 10.1 Å². The van der Waals surface area contributed by atoms with Crippen LogP contribution in [0.2, 0.25) is 5.02 Å². The van der Waals surface area contributed by atoms with Crippen molar-refractivity contribution >= 4 is 46.6 Å². The minimum Gasteiger partial charge on any atom is -0.494 e. The molecule has 2 aromatic carbocycles. The second-order valence-electron chi connectivity index (χ2n) is 5.11. The van der Waals surface area contributed by atoms with Crippen LogP contribution in [0.4, 0.5) is 5.69 Å². The number of halogens is 1. The normalized spacial score (nSPS) is 15.8. The lowest BCUT2D eigenvalue weighted by molar-refractivity contribution is -0.113. The minimum atomic E-state index is -0.195. The Morgan fingerprint density at radius 2 is 1.83 bits per heavy atom. The van der Waals surface area contributed by atoms with Gasteiger partial charge in [-0.1, -0.05) is 23.7 Å². The van der Waals surface area contributed by atoms with Crippen molar-refractivity contribution in [1.82, 2.24) is 5.32 Å². The van der Waals surface area contributed by atoms with Crippen LogP contribution in [-0.4, -0.2) is 17.6 Å². The van der Waals surface area contributed by atoms with E-state index in [2.05, 4.69) is 5.32 Å². The molecule has 0 bridgehead atoms. The molecule has 1 N–H and O–H groups in total. The highest BCUT2D eigenvalue weighted by Gasteiger charge is 2.31. The van der Waals surface area contributed by atoms with E-state index in [4.69, 9.17) is 28.6 Å². The average molecular weight is 359 g/mol. The summed E-state index contributed by atoms with van der Waals surface area (Å²) in [5.74, 6) is 0.558. The molecule has 4 nitrogen and oxygen atoms in total. The van der Waals surface area contributed by atoms with E-state index in [-0.39, 0.29) is 5.91 Å². The number of anilines is 1. The van der Waals surface area contributed by atoms with Gasteiger partial charge in [-0.15, -0.1) is 0 Å². The smallest absolute Gasteiger partial charge is 0.281 e. The highest BCUT2D eigenvalue weighted by molar-refractivity contribution is 7.80. The van der Waals surface area contributed by atoms with E-state index in [9.17, 15) is 4.79 Å². The van der Waals surface area contributed by atoms with E-state index in [0.29, 0.717) is 28.1 Å². The van der Waals surface area contributed by atoms with Crippen molar-refractivity contribution in [1.29, 1.82) is 0 Å². The predicted molar refractivity (Wildman–Crippen MR) is 100 cm³/mol. The van der Waals surface area contributed by atoms with E-state index >= 15 is 0 Å². The number of carbonyl (C=O) groups excluding carboxylic acids is 1. The van der Waals surface area contributed by atoms with Gasteiger partial charge in [0.15, 0.2) is 5.11 Å². The molecule has 1 aliphatic heterocycles. The van der Waals surface area contributed by atoms with Gasteiger partial charge in [-0.3, -0.25) is 9.69 Å². The molecule has 0 aromatic heterocycles. The van der Waals surface area contributed by atoms with Crippen molar-refractivity contribution in [3.05, 3.63) is 64.8 Å². The number of amides is 1. The SMILES string of the molecule is CCOc1ccc(N2C(=O)/C(=C/c3ccc(Cl)cc3)NC2=S)cc1. The largest absolute Gasteiger partial charge is 0.494 e. The summed E-state index contributed by atoms with van der Waals surface area (Å²) < 4.78 is 5.41. The van der Waals surface area contributed by atoms with Crippen molar-refractivity contribution in [3.63, 3.8) is 0 Å². The van der Waals surface area contributed by atoms with Crippen molar-refractivity contribution in [2.75, 3.05) is 11.5 Å². The first-order valence-electron chi connectivity index (χ1n) is 7.44. The third-order valence-electron chi connectivity index (χ3n) is 3.47.